The van der Waals surface area contributed by atoms with E-state index in [2.05, 4.69) is 20.9 Å². The van der Waals surface area contributed by atoms with Gasteiger partial charge in [0.25, 0.3) is 0 Å². The summed E-state index contributed by atoms with van der Waals surface area (Å²) in [7, 11) is 1.34. The van der Waals surface area contributed by atoms with Crippen molar-refractivity contribution < 1.29 is 28.7 Å². The molecule has 216 valence electrons. The van der Waals surface area contributed by atoms with Crippen molar-refractivity contribution in [1.29, 1.82) is 0 Å². The van der Waals surface area contributed by atoms with Crippen LogP contribution in [-0.2, 0) is 23.9 Å². The number of ether oxygens (including phenoxy) is 2. The molecule has 9 nitrogen and oxygen atoms in total. The van der Waals surface area contributed by atoms with E-state index in [0.717, 1.165) is 42.1 Å². The van der Waals surface area contributed by atoms with Gasteiger partial charge in [-0.15, -0.1) is 0 Å². The van der Waals surface area contributed by atoms with Crippen LogP contribution < -0.4 is 0 Å². The Balaban J connectivity index is 1.48. The van der Waals surface area contributed by atoms with Gasteiger partial charge in [0.2, 0.25) is 5.91 Å². The highest BCUT2D eigenvalue weighted by molar-refractivity contribution is 9.10. The molecule has 0 aliphatic carbocycles. The van der Waals surface area contributed by atoms with Gasteiger partial charge in [0.15, 0.2) is 0 Å². The third kappa shape index (κ3) is 9.89. The lowest BCUT2D eigenvalue weighted by Gasteiger charge is -2.35. The van der Waals surface area contributed by atoms with E-state index in [1.807, 2.05) is 31.7 Å². The first kappa shape index (κ1) is 31.0. The number of esters is 1. The first-order valence-corrected chi connectivity index (χ1v) is 14.7. The van der Waals surface area contributed by atoms with Crippen LogP contribution in [-0.4, -0.2) is 77.4 Å². The van der Waals surface area contributed by atoms with Crippen molar-refractivity contribution in [2.24, 2.45) is 11.8 Å². The maximum absolute atomic E-state index is 13.3. The van der Waals surface area contributed by atoms with E-state index in [1.165, 1.54) is 7.11 Å². The summed E-state index contributed by atoms with van der Waals surface area (Å²) in [6.45, 7) is 7.98. The molecule has 1 aromatic rings. The first-order valence-electron chi connectivity index (χ1n) is 13.9. The van der Waals surface area contributed by atoms with Crippen LogP contribution in [0.2, 0.25) is 0 Å². The monoisotopic (exact) mass is 607 g/mol. The fourth-order valence-electron chi connectivity index (χ4n) is 5.34. The van der Waals surface area contributed by atoms with E-state index in [1.54, 1.807) is 17.3 Å². The van der Waals surface area contributed by atoms with Crippen molar-refractivity contribution in [3.8, 4) is 0 Å². The summed E-state index contributed by atoms with van der Waals surface area (Å²) in [4.78, 5) is 58.5. The van der Waals surface area contributed by atoms with Gasteiger partial charge < -0.3 is 19.3 Å². The molecule has 2 atom stereocenters. The number of Topliss-reactive ketones (excluding diaryl/α,β-unsaturated/α-hetero) is 1. The molecule has 3 heterocycles. The summed E-state index contributed by atoms with van der Waals surface area (Å²) < 4.78 is 11.1. The molecule has 2 aliphatic heterocycles. The second-order valence-electron chi connectivity index (χ2n) is 11.7. The SMILES string of the molecule is COC(=O)C[C@H](CC(=O)[C@@H]1CCCN(C(=O)CCC2CCN(C(=O)OC(C)(C)C)CC2)C1)c1cncc(Br)c1. The summed E-state index contributed by atoms with van der Waals surface area (Å²) in [5, 5.41) is 0. The molecule has 39 heavy (non-hydrogen) atoms. The number of methoxy groups -OCH3 is 1. The smallest absolute Gasteiger partial charge is 0.410 e. The Hall–Kier alpha value is -2.49. The average molecular weight is 609 g/mol. The van der Waals surface area contributed by atoms with E-state index >= 15 is 0 Å². The zero-order valence-electron chi connectivity index (χ0n) is 23.6. The van der Waals surface area contributed by atoms with Crippen molar-refractivity contribution in [1.82, 2.24) is 14.8 Å². The van der Waals surface area contributed by atoms with Gasteiger partial charge in [0.05, 0.1) is 13.5 Å². The van der Waals surface area contributed by atoms with Crippen molar-refractivity contribution in [3.63, 3.8) is 0 Å². The Morgan fingerprint density at radius 3 is 2.41 bits per heavy atom. The number of rotatable bonds is 9. The number of nitrogens with zero attached hydrogens (tertiary/aromatic N) is 3. The number of hydrogen-bond acceptors (Lipinski definition) is 7. The predicted octanol–water partition coefficient (Wildman–Crippen LogP) is 5.12. The summed E-state index contributed by atoms with van der Waals surface area (Å²) in [5.41, 5.74) is 0.302. The molecular weight excluding hydrogens is 566 g/mol. The normalized spacial score (nSPS) is 19.4. The van der Waals surface area contributed by atoms with Gasteiger partial charge in [-0.25, -0.2) is 4.79 Å². The number of hydrogen-bond donors (Lipinski definition) is 0. The number of pyridine rings is 1. The Morgan fingerprint density at radius 1 is 1.05 bits per heavy atom. The summed E-state index contributed by atoms with van der Waals surface area (Å²) in [6, 6.07) is 1.88. The Morgan fingerprint density at radius 2 is 1.77 bits per heavy atom. The van der Waals surface area contributed by atoms with Gasteiger partial charge in [-0.1, -0.05) is 0 Å². The number of aromatic nitrogens is 1. The maximum atomic E-state index is 13.3. The molecular formula is C29H42BrN3O6. The zero-order valence-corrected chi connectivity index (χ0v) is 25.2. The quantitative estimate of drug-likeness (QED) is 0.359. The highest BCUT2D eigenvalue weighted by Crippen LogP contribution is 2.30. The lowest BCUT2D eigenvalue weighted by molar-refractivity contribution is -0.141. The standard InChI is InChI=1S/C29H42BrN3O6/c1-29(2,3)39-28(37)32-12-9-20(10-13-32)7-8-26(35)33-11-5-6-21(19-33)25(34)15-22(16-27(36)38-4)23-14-24(30)18-31-17-23/h14,17-18,20-22H,5-13,15-16,19H2,1-4H3/t21-,22+/m1/s1. The topological polar surface area (TPSA) is 106 Å². The second kappa shape index (κ2) is 14.2. The molecule has 2 amide bonds. The summed E-state index contributed by atoms with van der Waals surface area (Å²) >= 11 is 3.41. The number of amides is 2. The number of halogens is 1. The van der Waals surface area contributed by atoms with E-state index < -0.39 is 5.60 Å². The van der Waals surface area contributed by atoms with Gasteiger partial charge >= 0.3 is 12.1 Å². The second-order valence-corrected chi connectivity index (χ2v) is 12.6. The predicted molar refractivity (Wildman–Crippen MR) is 150 cm³/mol. The van der Waals surface area contributed by atoms with E-state index in [9.17, 15) is 19.2 Å². The summed E-state index contributed by atoms with van der Waals surface area (Å²) in [6.07, 6.45) is 7.86. The molecule has 0 radical (unpaired) electrons. The Labute approximate surface area is 240 Å². The zero-order chi connectivity index (χ0) is 28.6. The van der Waals surface area contributed by atoms with Gasteiger partial charge in [-0.2, -0.15) is 0 Å². The van der Waals surface area contributed by atoms with Gasteiger partial charge in [-0.3, -0.25) is 19.4 Å². The molecule has 0 aromatic carbocycles. The number of ketones is 1. The van der Waals surface area contributed by atoms with Crippen molar-refractivity contribution in [3.05, 3.63) is 28.5 Å². The highest BCUT2D eigenvalue weighted by Gasteiger charge is 2.32. The molecule has 0 saturated carbocycles. The van der Waals surface area contributed by atoms with Crippen LogP contribution in [0.4, 0.5) is 4.79 Å². The molecule has 0 bridgehead atoms. The van der Waals surface area contributed by atoms with Crippen LogP contribution in [0.1, 0.15) is 83.6 Å². The Kier molecular flexibility index (Phi) is 11.3. The molecule has 1 aromatic heterocycles. The number of carbonyl (C=O) groups excluding carboxylic acids is 4. The van der Waals surface area contributed by atoms with E-state index in [4.69, 9.17) is 9.47 Å². The molecule has 10 heteroatoms. The third-order valence-electron chi connectivity index (χ3n) is 7.55. The van der Waals surface area contributed by atoms with Gasteiger partial charge in [0, 0.05) is 67.7 Å². The summed E-state index contributed by atoms with van der Waals surface area (Å²) in [5.74, 6) is -0.384. The van der Waals surface area contributed by atoms with E-state index in [-0.39, 0.29) is 48.4 Å². The van der Waals surface area contributed by atoms with Crippen LogP contribution in [0.3, 0.4) is 0 Å². The average Bonchev–Trinajstić information content (AvgIpc) is 2.90. The van der Waals surface area contributed by atoms with Crippen LogP contribution in [0.15, 0.2) is 22.9 Å². The minimum atomic E-state index is -0.508. The number of piperidine rings is 2. The molecule has 0 spiro atoms. The van der Waals surface area contributed by atoms with Crippen LogP contribution >= 0.6 is 15.9 Å². The van der Waals surface area contributed by atoms with Crippen molar-refractivity contribution >= 4 is 39.7 Å². The van der Waals surface area contributed by atoms with E-state index in [0.29, 0.717) is 38.5 Å². The van der Waals surface area contributed by atoms with Crippen molar-refractivity contribution in [2.75, 3.05) is 33.3 Å². The fraction of sp³-hybridized carbons (Fsp3) is 0.690. The lowest BCUT2D eigenvalue weighted by atomic mass is 9.84. The lowest BCUT2D eigenvalue weighted by Crippen LogP contribution is -2.43. The highest BCUT2D eigenvalue weighted by atomic mass is 79.9. The molecule has 3 rings (SSSR count). The third-order valence-corrected chi connectivity index (χ3v) is 7.98. The number of carbonyl (C=O) groups is 4. The van der Waals surface area contributed by atoms with Crippen LogP contribution in [0.25, 0.3) is 0 Å². The number of likely N-dealkylation sites (tertiary alicyclic amines) is 2. The molecule has 0 unspecified atom stereocenters. The van der Waals surface area contributed by atoms with Gasteiger partial charge in [0.1, 0.15) is 11.4 Å². The first-order chi connectivity index (χ1) is 18.4. The van der Waals surface area contributed by atoms with Gasteiger partial charge in [-0.05, 0) is 86.4 Å². The Bertz CT molecular complexity index is 1020. The fourth-order valence-corrected chi connectivity index (χ4v) is 5.72. The van der Waals surface area contributed by atoms with Crippen molar-refractivity contribution in [2.45, 2.75) is 83.7 Å². The molecule has 2 aliphatic rings. The molecule has 0 N–H and O–H groups in total. The largest absolute Gasteiger partial charge is 0.469 e. The molecule has 2 saturated heterocycles. The van der Waals surface area contributed by atoms with Crippen LogP contribution in [0.5, 0.6) is 0 Å². The van der Waals surface area contributed by atoms with Crippen LogP contribution in [0, 0.1) is 11.8 Å². The maximum Gasteiger partial charge on any atom is 0.410 e. The minimum Gasteiger partial charge on any atom is -0.469 e. The minimum absolute atomic E-state index is 0.0656. The molecule has 2 fully saturated rings.